The highest BCUT2D eigenvalue weighted by Crippen LogP contribution is 2.32. The molecule has 0 heterocycles. The Balaban J connectivity index is 2.07. The van der Waals surface area contributed by atoms with E-state index in [0.717, 1.165) is 5.56 Å². The van der Waals surface area contributed by atoms with Crippen LogP contribution >= 0.6 is 55.1 Å². The van der Waals surface area contributed by atoms with E-state index in [1.54, 1.807) is 18.2 Å². The van der Waals surface area contributed by atoms with Crippen molar-refractivity contribution in [2.24, 2.45) is 0 Å². The third kappa shape index (κ3) is 4.46. The Bertz CT molecular complexity index is 637. The molecule has 0 fully saturated rings. The largest absolute Gasteiger partial charge is 0.325 e. The fourth-order valence-corrected chi connectivity index (χ4v) is 2.99. The number of carbonyl (C=O) groups is 1. The summed E-state index contributed by atoms with van der Waals surface area (Å²) in [5.41, 5.74) is 1.62. The van der Waals surface area contributed by atoms with E-state index < -0.39 is 4.83 Å². The molecule has 0 aromatic heterocycles. The Labute approximate surface area is 150 Å². The molecule has 1 amide bonds. The van der Waals surface area contributed by atoms with Crippen LogP contribution in [0.25, 0.3) is 0 Å². The Hall–Kier alpha value is -0.550. The van der Waals surface area contributed by atoms with Gasteiger partial charge in [0.15, 0.2) is 0 Å². The molecule has 0 unspecified atom stereocenters. The first-order valence-corrected chi connectivity index (χ1v) is 8.67. The molecule has 0 radical (unpaired) electrons. The van der Waals surface area contributed by atoms with Crippen LogP contribution in [-0.4, -0.2) is 10.7 Å². The van der Waals surface area contributed by atoms with Crippen LogP contribution in [0.5, 0.6) is 0 Å². The highest BCUT2D eigenvalue weighted by atomic mass is 79.9. The van der Waals surface area contributed by atoms with Gasteiger partial charge in [-0.15, -0.1) is 0 Å². The average Bonchev–Trinajstić information content (AvgIpc) is 2.50. The zero-order valence-electron chi connectivity index (χ0n) is 10.7. The second-order valence-electron chi connectivity index (χ2n) is 4.33. The predicted molar refractivity (Wildman–Crippen MR) is 95.9 cm³/mol. The number of benzene rings is 2. The predicted octanol–water partition coefficient (Wildman–Crippen LogP) is 5.83. The third-order valence-electron chi connectivity index (χ3n) is 2.81. The summed E-state index contributed by atoms with van der Waals surface area (Å²) in [6.07, 6.45) is 0. The van der Waals surface area contributed by atoms with Crippen LogP contribution in [0, 0.1) is 0 Å². The minimum Gasteiger partial charge on any atom is -0.325 e. The molecule has 2 nitrogen and oxygen atoms in total. The smallest absolute Gasteiger partial charge is 0.239 e. The quantitative estimate of drug-likeness (QED) is 0.582. The van der Waals surface area contributed by atoms with Crippen molar-refractivity contribution in [2.45, 2.75) is 9.65 Å². The summed E-state index contributed by atoms with van der Waals surface area (Å²) in [5.74, 6) is -0.167. The number of alkyl halides is 2. The number of carbonyl (C=O) groups excluding carboxylic acids is 1. The minimum absolute atomic E-state index is 0.138. The van der Waals surface area contributed by atoms with Gasteiger partial charge in [-0.3, -0.25) is 4.79 Å². The number of anilines is 1. The Morgan fingerprint density at radius 3 is 2.29 bits per heavy atom. The zero-order valence-corrected chi connectivity index (χ0v) is 15.4. The minimum atomic E-state index is -0.422. The lowest BCUT2D eigenvalue weighted by atomic mass is 10.1. The van der Waals surface area contributed by atoms with Gasteiger partial charge in [0, 0.05) is 5.69 Å². The molecule has 1 N–H and O–H groups in total. The van der Waals surface area contributed by atoms with Gasteiger partial charge in [-0.1, -0.05) is 85.4 Å². The average molecular weight is 452 g/mol. The van der Waals surface area contributed by atoms with Gasteiger partial charge in [-0.05, 0) is 23.8 Å². The summed E-state index contributed by atoms with van der Waals surface area (Å²) in [7, 11) is 0. The van der Waals surface area contributed by atoms with E-state index in [-0.39, 0.29) is 10.7 Å². The van der Waals surface area contributed by atoms with Crippen molar-refractivity contribution in [2.75, 3.05) is 5.32 Å². The summed E-state index contributed by atoms with van der Waals surface area (Å²) < 4.78 is 0. The summed E-state index contributed by atoms with van der Waals surface area (Å²) in [6.45, 7) is 0. The summed E-state index contributed by atoms with van der Waals surface area (Å²) >= 11 is 18.7. The lowest BCUT2D eigenvalue weighted by Crippen LogP contribution is -2.26. The normalized spacial score (nSPS) is 13.5. The van der Waals surface area contributed by atoms with E-state index in [1.165, 1.54) is 0 Å². The molecule has 2 rings (SSSR count). The van der Waals surface area contributed by atoms with Gasteiger partial charge in [-0.2, -0.15) is 0 Å². The monoisotopic (exact) mass is 449 g/mol. The number of nitrogens with one attached hydrogen (secondary N) is 1. The Morgan fingerprint density at radius 1 is 1.00 bits per heavy atom. The molecule has 0 bridgehead atoms. The first-order chi connectivity index (χ1) is 9.99. The second-order valence-corrected chi connectivity index (χ2v) is 7.12. The maximum Gasteiger partial charge on any atom is 0.239 e. The first-order valence-electron chi connectivity index (χ1n) is 6.08. The van der Waals surface area contributed by atoms with Crippen LogP contribution in [0.4, 0.5) is 5.69 Å². The van der Waals surface area contributed by atoms with Gasteiger partial charge in [0.2, 0.25) is 5.91 Å². The van der Waals surface area contributed by atoms with Crippen molar-refractivity contribution < 1.29 is 4.79 Å². The standard InChI is InChI=1S/C15H11Br2Cl2NO/c16-13(9-4-2-1-3-5-9)14(17)15(21)20-10-6-7-11(18)12(19)8-10/h1-8,13-14H,(H,20,21)/t13-,14+/m1/s1. The molecule has 110 valence electrons. The fraction of sp³-hybridized carbons (Fsp3) is 0.133. The van der Waals surface area contributed by atoms with Crippen molar-refractivity contribution in [3.05, 3.63) is 64.1 Å². The zero-order chi connectivity index (χ0) is 15.4. The van der Waals surface area contributed by atoms with Crippen molar-refractivity contribution >= 4 is 66.7 Å². The molecule has 2 aromatic carbocycles. The van der Waals surface area contributed by atoms with Crippen LogP contribution in [-0.2, 0) is 4.79 Å². The molecular weight excluding hydrogens is 441 g/mol. The number of hydrogen-bond acceptors (Lipinski definition) is 1. The molecule has 21 heavy (non-hydrogen) atoms. The van der Waals surface area contributed by atoms with Gasteiger partial charge < -0.3 is 5.32 Å². The van der Waals surface area contributed by atoms with E-state index in [4.69, 9.17) is 23.2 Å². The lowest BCUT2D eigenvalue weighted by molar-refractivity contribution is -0.115. The van der Waals surface area contributed by atoms with Crippen LogP contribution in [0.3, 0.4) is 0 Å². The van der Waals surface area contributed by atoms with Crippen molar-refractivity contribution in [3.8, 4) is 0 Å². The van der Waals surface area contributed by atoms with Crippen molar-refractivity contribution in [3.63, 3.8) is 0 Å². The number of rotatable bonds is 4. The fourth-order valence-electron chi connectivity index (χ4n) is 1.72. The molecule has 2 aromatic rings. The van der Waals surface area contributed by atoms with Crippen molar-refractivity contribution in [1.29, 1.82) is 0 Å². The van der Waals surface area contributed by atoms with E-state index in [9.17, 15) is 4.79 Å². The lowest BCUT2D eigenvalue weighted by Gasteiger charge is -2.17. The number of halogens is 4. The third-order valence-corrected chi connectivity index (χ3v) is 6.26. The summed E-state index contributed by atoms with van der Waals surface area (Å²) in [4.78, 5) is 11.7. The number of hydrogen-bond donors (Lipinski definition) is 1. The second kappa shape index (κ2) is 7.63. The molecule has 6 heteroatoms. The van der Waals surface area contributed by atoms with Gasteiger partial charge in [0.05, 0.1) is 14.9 Å². The van der Waals surface area contributed by atoms with E-state index in [0.29, 0.717) is 15.7 Å². The SMILES string of the molecule is O=C(Nc1ccc(Cl)c(Cl)c1)[C@@H](Br)[C@H](Br)c1ccccc1. The van der Waals surface area contributed by atoms with Crippen LogP contribution in [0.2, 0.25) is 10.0 Å². The molecule has 0 saturated carbocycles. The topological polar surface area (TPSA) is 29.1 Å². The number of amides is 1. The van der Waals surface area contributed by atoms with Gasteiger partial charge in [0.25, 0.3) is 0 Å². The molecule has 2 atom stereocenters. The van der Waals surface area contributed by atoms with Gasteiger partial charge in [-0.25, -0.2) is 0 Å². The van der Waals surface area contributed by atoms with Crippen LogP contribution in [0.1, 0.15) is 10.4 Å². The maximum absolute atomic E-state index is 12.3. The molecular formula is C15H11Br2Cl2NO. The molecule has 0 aliphatic carbocycles. The van der Waals surface area contributed by atoms with E-state index in [1.807, 2.05) is 30.3 Å². The highest BCUT2D eigenvalue weighted by molar-refractivity contribution is 9.12. The molecule has 0 saturated heterocycles. The van der Waals surface area contributed by atoms with E-state index in [2.05, 4.69) is 37.2 Å². The summed E-state index contributed by atoms with van der Waals surface area (Å²) in [5, 5.41) is 3.65. The highest BCUT2D eigenvalue weighted by Gasteiger charge is 2.25. The van der Waals surface area contributed by atoms with Gasteiger partial charge in [0.1, 0.15) is 4.83 Å². The molecule has 0 aliphatic rings. The molecule has 0 spiro atoms. The maximum atomic E-state index is 12.3. The van der Waals surface area contributed by atoms with Crippen molar-refractivity contribution in [1.82, 2.24) is 0 Å². The first kappa shape index (κ1) is 16.8. The van der Waals surface area contributed by atoms with E-state index >= 15 is 0 Å². The van der Waals surface area contributed by atoms with Crippen LogP contribution in [0.15, 0.2) is 48.5 Å². The Kier molecular flexibility index (Phi) is 6.11. The van der Waals surface area contributed by atoms with Gasteiger partial charge >= 0.3 is 0 Å². The summed E-state index contributed by atoms with van der Waals surface area (Å²) in [6, 6.07) is 14.7. The Morgan fingerprint density at radius 2 is 1.67 bits per heavy atom. The molecule has 0 aliphatic heterocycles. The van der Waals surface area contributed by atoms with Crippen LogP contribution < -0.4 is 5.32 Å².